The van der Waals surface area contributed by atoms with Crippen molar-refractivity contribution in [3.8, 4) is 0 Å². The maximum atomic E-state index is 5.51. The Kier molecular flexibility index (Phi) is 4.35. The smallest absolute Gasteiger partial charge is 0.132 e. The maximum absolute atomic E-state index is 5.51. The van der Waals surface area contributed by atoms with Gasteiger partial charge in [-0.2, -0.15) is 0 Å². The van der Waals surface area contributed by atoms with Gasteiger partial charge in [0, 0.05) is 18.0 Å². The molecule has 0 radical (unpaired) electrons. The van der Waals surface area contributed by atoms with E-state index < -0.39 is 0 Å². The highest BCUT2D eigenvalue weighted by Gasteiger charge is 2.06. The van der Waals surface area contributed by atoms with Crippen molar-refractivity contribution in [3.63, 3.8) is 0 Å². The molecule has 1 rings (SSSR count). The Morgan fingerprint density at radius 3 is 2.64 bits per heavy atom. The van der Waals surface area contributed by atoms with Crippen LogP contribution in [-0.4, -0.2) is 22.8 Å². The summed E-state index contributed by atoms with van der Waals surface area (Å²) in [6.45, 7) is 4.85. The van der Waals surface area contributed by atoms with Crippen molar-refractivity contribution in [2.24, 2.45) is 5.73 Å². The van der Waals surface area contributed by atoms with Crippen LogP contribution in [0.3, 0.4) is 0 Å². The second kappa shape index (κ2) is 5.32. The number of thioether (sulfide) groups is 1. The molecule has 0 saturated carbocycles. The second-order valence-corrected chi connectivity index (χ2v) is 4.28. The van der Waals surface area contributed by atoms with Gasteiger partial charge in [-0.25, -0.2) is 9.97 Å². The molecule has 1 heterocycles. The SMILES string of the molecule is CSc1cc(CCN)nc(C(C)C)n1. The summed E-state index contributed by atoms with van der Waals surface area (Å²) in [5, 5.41) is 1.03. The molecule has 0 aliphatic carbocycles. The Balaban J connectivity index is 3.00. The molecule has 0 saturated heterocycles. The van der Waals surface area contributed by atoms with Crippen molar-refractivity contribution in [2.75, 3.05) is 12.8 Å². The van der Waals surface area contributed by atoms with Gasteiger partial charge in [-0.1, -0.05) is 13.8 Å². The number of rotatable bonds is 4. The van der Waals surface area contributed by atoms with E-state index in [0.29, 0.717) is 12.5 Å². The molecule has 4 heteroatoms. The quantitative estimate of drug-likeness (QED) is 0.609. The molecule has 78 valence electrons. The first kappa shape index (κ1) is 11.5. The topological polar surface area (TPSA) is 51.8 Å². The third-order valence-electron chi connectivity index (χ3n) is 1.90. The largest absolute Gasteiger partial charge is 0.330 e. The van der Waals surface area contributed by atoms with Crippen LogP contribution in [0.15, 0.2) is 11.1 Å². The monoisotopic (exact) mass is 211 g/mol. The van der Waals surface area contributed by atoms with Gasteiger partial charge in [0.25, 0.3) is 0 Å². The molecule has 0 fully saturated rings. The minimum absolute atomic E-state index is 0.374. The Bertz CT molecular complexity index is 299. The van der Waals surface area contributed by atoms with Crippen LogP contribution in [0.1, 0.15) is 31.3 Å². The zero-order valence-corrected chi connectivity index (χ0v) is 9.77. The zero-order valence-electron chi connectivity index (χ0n) is 8.95. The molecule has 2 N–H and O–H groups in total. The summed E-state index contributed by atoms with van der Waals surface area (Å²) in [4.78, 5) is 8.91. The summed E-state index contributed by atoms with van der Waals surface area (Å²) in [5.74, 6) is 1.29. The molecule has 0 aromatic carbocycles. The van der Waals surface area contributed by atoms with E-state index in [1.807, 2.05) is 12.3 Å². The summed E-state index contributed by atoms with van der Waals surface area (Å²) < 4.78 is 0. The third-order valence-corrected chi connectivity index (χ3v) is 2.53. The summed E-state index contributed by atoms with van der Waals surface area (Å²) >= 11 is 1.65. The lowest BCUT2D eigenvalue weighted by atomic mass is 10.2. The number of nitrogens with zero attached hydrogens (tertiary/aromatic N) is 2. The molecule has 0 amide bonds. The first-order chi connectivity index (χ1) is 6.67. The standard InChI is InChI=1S/C10H17N3S/c1-7(2)10-12-8(4-5-11)6-9(13-10)14-3/h6-7H,4-5,11H2,1-3H3. The van der Waals surface area contributed by atoms with Gasteiger partial charge in [0.2, 0.25) is 0 Å². The summed E-state index contributed by atoms with van der Waals surface area (Å²) in [5.41, 5.74) is 6.56. The van der Waals surface area contributed by atoms with Crippen LogP contribution in [0.4, 0.5) is 0 Å². The van der Waals surface area contributed by atoms with E-state index in [4.69, 9.17) is 5.73 Å². The average Bonchev–Trinajstić information content (AvgIpc) is 2.17. The summed E-state index contributed by atoms with van der Waals surface area (Å²) in [6.07, 6.45) is 2.86. The van der Waals surface area contributed by atoms with Gasteiger partial charge in [-0.3, -0.25) is 0 Å². The molecule has 14 heavy (non-hydrogen) atoms. The number of nitrogens with two attached hydrogens (primary N) is 1. The van der Waals surface area contributed by atoms with Crippen LogP contribution in [-0.2, 0) is 6.42 Å². The molecule has 3 nitrogen and oxygen atoms in total. The number of hydrogen-bond acceptors (Lipinski definition) is 4. The van der Waals surface area contributed by atoms with Crippen molar-refractivity contribution >= 4 is 11.8 Å². The minimum atomic E-state index is 0.374. The fourth-order valence-electron chi connectivity index (χ4n) is 1.13. The van der Waals surface area contributed by atoms with Gasteiger partial charge in [-0.05, 0) is 18.9 Å². The fraction of sp³-hybridized carbons (Fsp3) is 0.600. The molecule has 0 aliphatic heterocycles. The molecular weight excluding hydrogens is 194 g/mol. The van der Waals surface area contributed by atoms with E-state index in [1.165, 1.54) is 0 Å². The summed E-state index contributed by atoms with van der Waals surface area (Å²) in [7, 11) is 0. The molecular formula is C10H17N3S. The molecule has 0 atom stereocenters. The highest BCUT2D eigenvalue weighted by atomic mass is 32.2. The van der Waals surface area contributed by atoms with E-state index in [9.17, 15) is 0 Å². The van der Waals surface area contributed by atoms with Crippen LogP contribution >= 0.6 is 11.8 Å². The molecule has 1 aromatic rings. The van der Waals surface area contributed by atoms with E-state index in [2.05, 4.69) is 23.8 Å². The van der Waals surface area contributed by atoms with E-state index in [1.54, 1.807) is 11.8 Å². The molecule has 0 bridgehead atoms. The van der Waals surface area contributed by atoms with Crippen LogP contribution in [0.2, 0.25) is 0 Å². The fourth-order valence-corrected chi connectivity index (χ4v) is 1.57. The van der Waals surface area contributed by atoms with Gasteiger partial charge in [0.1, 0.15) is 5.82 Å². The van der Waals surface area contributed by atoms with E-state index in [-0.39, 0.29) is 0 Å². The van der Waals surface area contributed by atoms with Crippen molar-refractivity contribution in [3.05, 3.63) is 17.6 Å². The number of aromatic nitrogens is 2. The Morgan fingerprint density at radius 1 is 1.43 bits per heavy atom. The van der Waals surface area contributed by atoms with Crippen LogP contribution < -0.4 is 5.73 Å². The molecule has 0 unspecified atom stereocenters. The van der Waals surface area contributed by atoms with Crippen molar-refractivity contribution in [1.82, 2.24) is 9.97 Å². The lowest BCUT2D eigenvalue weighted by molar-refractivity contribution is 0.731. The minimum Gasteiger partial charge on any atom is -0.330 e. The van der Waals surface area contributed by atoms with Gasteiger partial charge >= 0.3 is 0 Å². The van der Waals surface area contributed by atoms with Crippen LogP contribution in [0.5, 0.6) is 0 Å². The van der Waals surface area contributed by atoms with Gasteiger partial charge in [0.15, 0.2) is 0 Å². The van der Waals surface area contributed by atoms with Crippen molar-refractivity contribution in [1.29, 1.82) is 0 Å². The normalized spacial score (nSPS) is 10.9. The van der Waals surface area contributed by atoms with Crippen LogP contribution in [0.25, 0.3) is 0 Å². The van der Waals surface area contributed by atoms with E-state index in [0.717, 1.165) is 23.0 Å². The predicted octanol–water partition coefficient (Wildman–Crippen LogP) is 1.82. The van der Waals surface area contributed by atoms with Crippen molar-refractivity contribution in [2.45, 2.75) is 31.2 Å². The first-order valence-corrected chi connectivity index (χ1v) is 6.01. The van der Waals surface area contributed by atoms with Gasteiger partial charge in [0.05, 0.1) is 5.03 Å². The first-order valence-electron chi connectivity index (χ1n) is 4.79. The lowest BCUT2D eigenvalue weighted by Gasteiger charge is -2.08. The Hall–Kier alpha value is -0.610. The molecule has 1 aromatic heterocycles. The highest BCUT2D eigenvalue weighted by molar-refractivity contribution is 7.98. The zero-order chi connectivity index (χ0) is 10.6. The highest BCUT2D eigenvalue weighted by Crippen LogP contribution is 2.17. The van der Waals surface area contributed by atoms with Crippen molar-refractivity contribution < 1.29 is 0 Å². The predicted molar refractivity (Wildman–Crippen MR) is 60.7 cm³/mol. The lowest BCUT2D eigenvalue weighted by Crippen LogP contribution is -2.08. The third kappa shape index (κ3) is 2.96. The van der Waals surface area contributed by atoms with E-state index >= 15 is 0 Å². The Morgan fingerprint density at radius 2 is 2.14 bits per heavy atom. The van der Waals surface area contributed by atoms with Gasteiger partial charge in [-0.15, -0.1) is 11.8 Å². The Labute approximate surface area is 89.5 Å². The summed E-state index contributed by atoms with van der Waals surface area (Å²) in [6, 6.07) is 2.02. The molecule has 0 spiro atoms. The maximum Gasteiger partial charge on any atom is 0.132 e. The number of hydrogen-bond donors (Lipinski definition) is 1. The second-order valence-electron chi connectivity index (χ2n) is 3.45. The molecule has 0 aliphatic rings. The van der Waals surface area contributed by atoms with Crippen LogP contribution in [0, 0.1) is 0 Å². The average molecular weight is 211 g/mol. The van der Waals surface area contributed by atoms with Gasteiger partial charge < -0.3 is 5.73 Å².